The first kappa shape index (κ1) is 13.1. The highest BCUT2D eigenvalue weighted by atomic mass is 79.9. The first-order valence-corrected chi connectivity index (χ1v) is 7.08. The number of anilines is 2. The van der Waals surface area contributed by atoms with Crippen molar-refractivity contribution >= 4 is 39.1 Å². The van der Waals surface area contributed by atoms with Gasteiger partial charge in [-0.2, -0.15) is 0 Å². The zero-order valence-corrected chi connectivity index (χ0v) is 11.5. The van der Waals surface area contributed by atoms with E-state index < -0.39 is 0 Å². The van der Waals surface area contributed by atoms with Gasteiger partial charge in [0.1, 0.15) is 0 Å². The molecule has 4 nitrogen and oxygen atoms in total. The molecule has 1 aliphatic rings. The van der Waals surface area contributed by atoms with E-state index in [9.17, 15) is 9.59 Å². The molecule has 1 aromatic rings. The predicted molar refractivity (Wildman–Crippen MR) is 74.8 cm³/mol. The molecule has 1 aliphatic carbocycles. The Hall–Kier alpha value is -1.36. The van der Waals surface area contributed by atoms with Crippen molar-refractivity contribution in [2.45, 2.75) is 19.3 Å². The summed E-state index contributed by atoms with van der Waals surface area (Å²) in [6.45, 7) is 0. The number of halogens is 1. The van der Waals surface area contributed by atoms with Crippen LogP contribution in [0.4, 0.5) is 11.4 Å². The van der Waals surface area contributed by atoms with Crippen LogP contribution in [0.3, 0.4) is 0 Å². The number of hydrogen-bond acceptors (Lipinski definition) is 2. The van der Waals surface area contributed by atoms with E-state index in [1.165, 1.54) is 0 Å². The van der Waals surface area contributed by atoms with Crippen LogP contribution < -0.4 is 10.6 Å². The average Bonchev–Trinajstić information content (AvgIpc) is 3.13. The molecule has 1 fully saturated rings. The van der Waals surface area contributed by atoms with E-state index in [-0.39, 0.29) is 17.7 Å². The van der Waals surface area contributed by atoms with Crippen molar-refractivity contribution in [1.29, 1.82) is 0 Å². The molecule has 0 saturated heterocycles. The maximum Gasteiger partial charge on any atom is 0.227 e. The lowest BCUT2D eigenvalue weighted by Gasteiger charge is -2.08. The Morgan fingerprint density at radius 2 is 1.89 bits per heavy atom. The number of carbonyl (C=O) groups excluding carboxylic acids is 2. The Morgan fingerprint density at radius 3 is 2.50 bits per heavy atom. The standard InChI is InChI=1S/C13H15BrN2O2/c14-7-6-12(17)15-10-2-1-3-11(8-10)16-13(18)9-4-5-9/h1-3,8-9H,4-7H2,(H,15,17)(H,16,18). The van der Waals surface area contributed by atoms with Crippen LogP contribution >= 0.6 is 15.9 Å². The van der Waals surface area contributed by atoms with Gasteiger partial charge in [-0.15, -0.1) is 0 Å². The molecule has 0 bridgehead atoms. The quantitative estimate of drug-likeness (QED) is 0.822. The fraction of sp³-hybridized carbons (Fsp3) is 0.385. The third-order valence-corrected chi connectivity index (χ3v) is 3.08. The molecule has 0 aliphatic heterocycles. The van der Waals surface area contributed by atoms with Gasteiger partial charge in [0.05, 0.1) is 0 Å². The number of amides is 2. The van der Waals surface area contributed by atoms with Gasteiger partial charge in [-0.05, 0) is 31.0 Å². The molecule has 2 rings (SSSR count). The normalized spacial score (nSPS) is 14.1. The monoisotopic (exact) mass is 310 g/mol. The minimum absolute atomic E-state index is 0.0439. The molecule has 96 valence electrons. The van der Waals surface area contributed by atoms with E-state index in [0.29, 0.717) is 17.4 Å². The highest BCUT2D eigenvalue weighted by Gasteiger charge is 2.29. The van der Waals surface area contributed by atoms with Crippen molar-refractivity contribution in [3.8, 4) is 0 Å². The smallest absolute Gasteiger partial charge is 0.227 e. The third kappa shape index (κ3) is 3.84. The first-order chi connectivity index (χ1) is 8.69. The topological polar surface area (TPSA) is 58.2 Å². The minimum atomic E-state index is -0.0439. The van der Waals surface area contributed by atoms with Crippen LogP contribution in [0.25, 0.3) is 0 Å². The summed E-state index contributed by atoms with van der Waals surface area (Å²) < 4.78 is 0. The molecular formula is C13H15BrN2O2. The van der Waals surface area contributed by atoms with Crippen LogP contribution in [0.2, 0.25) is 0 Å². The Morgan fingerprint density at radius 1 is 1.22 bits per heavy atom. The Balaban J connectivity index is 1.95. The molecule has 1 aromatic carbocycles. The Labute approximate surface area is 114 Å². The van der Waals surface area contributed by atoms with Crippen molar-refractivity contribution < 1.29 is 9.59 Å². The van der Waals surface area contributed by atoms with E-state index in [1.807, 2.05) is 12.1 Å². The largest absolute Gasteiger partial charge is 0.326 e. The van der Waals surface area contributed by atoms with Gasteiger partial charge < -0.3 is 10.6 Å². The molecule has 5 heteroatoms. The summed E-state index contributed by atoms with van der Waals surface area (Å²) >= 11 is 3.22. The van der Waals surface area contributed by atoms with Gasteiger partial charge in [-0.3, -0.25) is 9.59 Å². The zero-order valence-electron chi connectivity index (χ0n) is 9.91. The van der Waals surface area contributed by atoms with E-state index in [1.54, 1.807) is 12.1 Å². The maximum absolute atomic E-state index is 11.6. The molecule has 0 unspecified atom stereocenters. The van der Waals surface area contributed by atoms with Crippen molar-refractivity contribution in [2.75, 3.05) is 16.0 Å². The number of nitrogens with one attached hydrogen (secondary N) is 2. The predicted octanol–water partition coefficient (Wildman–Crippen LogP) is 2.76. The van der Waals surface area contributed by atoms with Gasteiger partial charge in [0, 0.05) is 29.0 Å². The van der Waals surface area contributed by atoms with Crippen LogP contribution in [0.15, 0.2) is 24.3 Å². The van der Waals surface area contributed by atoms with Crippen LogP contribution in [0, 0.1) is 5.92 Å². The maximum atomic E-state index is 11.6. The second-order valence-corrected chi connectivity index (χ2v) is 5.12. The molecule has 1 saturated carbocycles. The van der Waals surface area contributed by atoms with Crippen molar-refractivity contribution in [3.63, 3.8) is 0 Å². The summed E-state index contributed by atoms with van der Waals surface area (Å²) in [6.07, 6.45) is 2.39. The van der Waals surface area contributed by atoms with Crippen molar-refractivity contribution in [2.24, 2.45) is 5.92 Å². The van der Waals surface area contributed by atoms with Crippen molar-refractivity contribution in [1.82, 2.24) is 0 Å². The zero-order chi connectivity index (χ0) is 13.0. The average molecular weight is 311 g/mol. The lowest BCUT2D eigenvalue weighted by atomic mass is 10.2. The fourth-order valence-electron chi connectivity index (χ4n) is 1.57. The van der Waals surface area contributed by atoms with Crippen LogP contribution in [-0.2, 0) is 9.59 Å². The van der Waals surface area contributed by atoms with Gasteiger partial charge in [0.15, 0.2) is 0 Å². The van der Waals surface area contributed by atoms with Gasteiger partial charge >= 0.3 is 0 Å². The summed E-state index contributed by atoms with van der Waals surface area (Å²) in [5, 5.41) is 6.27. The van der Waals surface area contributed by atoms with Gasteiger partial charge in [0.2, 0.25) is 11.8 Å². The SMILES string of the molecule is O=C(CCBr)Nc1cccc(NC(=O)C2CC2)c1. The third-order valence-electron chi connectivity index (χ3n) is 2.68. The summed E-state index contributed by atoms with van der Waals surface area (Å²) in [5.41, 5.74) is 1.43. The summed E-state index contributed by atoms with van der Waals surface area (Å²) in [5.74, 6) is 0.202. The van der Waals surface area contributed by atoms with Crippen molar-refractivity contribution in [3.05, 3.63) is 24.3 Å². The highest BCUT2D eigenvalue weighted by Crippen LogP contribution is 2.30. The number of alkyl halides is 1. The lowest BCUT2D eigenvalue weighted by molar-refractivity contribution is -0.117. The van der Waals surface area contributed by atoms with Crippen LogP contribution in [-0.4, -0.2) is 17.1 Å². The molecule has 0 radical (unpaired) electrons. The van der Waals surface area contributed by atoms with Gasteiger partial charge in [0.25, 0.3) is 0 Å². The van der Waals surface area contributed by atoms with Gasteiger partial charge in [-0.1, -0.05) is 22.0 Å². The molecule has 0 heterocycles. The number of benzene rings is 1. The van der Waals surface area contributed by atoms with E-state index in [4.69, 9.17) is 0 Å². The van der Waals surface area contributed by atoms with E-state index in [2.05, 4.69) is 26.6 Å². The molecule has 0 atom stereocenters. The molecule has 0 spiro atoms. The first-order valence-electron chi connectivity index (χ1n) is 5.96. The second kappa shape index (κ2) is 6.00. The summed E-state index contributed by atoms with van der Waals surface area (Å²) in [4.78, 5) is 23.0. The van der Waals surface area contributed by atoms with Gasteiger partial charge in [-0.25, -0.2) is 0 Å². The minimum Gasteiger partial charge on any atom is -0.326 e. The summed E-state index contributed by atoms with van der Waals surface area (Å²) in [6, 6.07) is 7.21. The molecule has 2 N–H and O–H groups in total. The van der Waals surface area contributed by atoms with Crippen LogP contribution in [0.1, 0.15) is 19.3 Å². The van der Waals surface area contributed by atoms with Crippen LogP contribution in [0.5, 0.6) is 0 Å². The Bertz CT molecular complexity index is 458. The number of hydrogen-bond donors (Lipinski definition) is 2. The molecular weight excluding hydrogens is 296 g/mol. The molecule has 18 heavy (non-hydrogen) atoms. The lowest BCUT2D eigenvalue weighted by Crippen LogP contribution is -2.14. The fourth-order valence-corrected chi connectivity index (χ4v) is 1.93. The number of rotatable bonds is 5. The number of carbonyl (C=O) groups is 2. The summed E-state index contributed by atoms with van der Waals surface area (Å²) in [7, 11) is 0. The Kier molecular flexibility index (Phi) is 4.36. The van der Waals surface area contributed by atoms with E-state index >= 15 is 0 Å². The second-order valence-electron chi connectivity index (χ2n) is 4.33. The molecule has 2 amide bonds. The molecule has 0 aromatic heterocycles. The highest BCUT2D eigenvalue weighted by molar-refractivity contribution is 9.09. The van der Waals surface area contributed by atoms with E-state index in [0.717, 1.165) is 18.5 Å².